The fraction of sp³-hybridized carbons (Fsp3) is 0.714. The van der Waals surface area contributed by atoms with Gasteiger partial charge < -0.3 is 19.7 Å². The van der Waals surface area contributed by atoms with Crippen LogP contribution in [0, 0.1) is 0 Å². The average Bonchev–Trinajstić information content (AvgIpc) is 1.83. The Balaban J connectivity index is 0. The molecule has 0 aliphatic heterocycles. The van der Waals surface area contributed by atoms with Gasteiger partial charge in [0.15, 0.2) is 0 Å². The van der Waals surface area contributed by atoms with Crippen LogP contribution in [0.4, 0.5) is 0 Å². The summed E-state index contributed by atoms with van der Waals surface area (Å²) in [6.07, 6.45) is -0.931. The Morgan fingerprint density at radius 1 is 1.46 bits per heavy atom. The summed E-state index contributed by atoms with van der Waals surface area (Å²) in [7, 11) is 1.16. The maximum absolute atomic E-state index is 10.6. The zero-order valence-electron chi connectivity index (χ0n) is 7.99. The molecule has 0 aliphatic carbocycles. The van der Waals surface area contributed by atoms with Gasteiger partial charge in [0.2, 0.25) is 0 Å². The number of aliphatic hydroxyl groups is 1. The van der Waals surface area contributed by atoms with Gasteiger partial charge in [0.05, 0.1) is 19.1 Å². The molecule has 5 nitrogen and oxygen atoms in total. The first-order chi connectivity index (χ1) is 5.37. The van der Waals surface area contributed by atoms with Crippen molar-refractivity contribution in [2.24, 2.45) is 0 Å². The number of aliphatic carboxylic acids is 1. The molecule has 0 aliphatic rings. The van der Waals surface area contributed by atoms with Crippen molar-refractivity contribution in [2.75, 3.05) is 7.11 Å². The Kier molecular flexibility index (Phi) is 6.95. The number of rotatable bonds is 4. The summed E-state index contributed by atoms with van der Waals surface area (Å²) >= 11 is 0. The quantitative estimate of drug-likeness (QED) is 0.349. The minimum atomic E-state index is -1.59. The molecule has 0 fully saturated rings. The number of hydrogen-bond acceptors (Lipinski definition) is 5. The van der Waals surface area contributed by atoms with E-state index in [-0.39, 0.29) is 25.3 Å². The summed E-state index contributed by atoms with van der Waals surface area (Å²) in [4.78, 5) is 20.7. The van der Waals surface area contributed by atoms with E-state index in [0.29, 0.717) is 0 Å². The molecule has 0 aromatic heterocycles. The topological polar surface area (TPSA) is 86.7 Å². The number of methoxy groups -OCH3 is 1. The number of carbonyl (C=O) groups is 2. The second kappa shape index (κ2) is 6.03. The molecule has 0 saturated carbocycles. The SMILES string of the molecule is COC(=O)C[C@@](C)(O)CC(=O)[O-].[Li+]. The molecule has 0 aromatic rings. The van der Waals surface area contributed by atoms with Gasteiger partial charge in [-0.1, -0.05) is 0 Å². The molecule has 0 rings (SSSR count). The Hall–Kier alpha value is -0.503. The number of ether oxygens (including phenoxy) is 1. The second-order valence-electron chi connectivity index (χ2n) is 2.80. The molecule has 0 radical (unpaired) electrons. The predicted octanol–water partition coefficient (Wildman–Crippen LogP) is -4.56. The third kappa shape index (κ3) is 7.85. The number of carbonyl (C=O) groups excluding carboxylic acids is 2. The van der Waals surface area contributed by atoms with Crippen molar-refractivity contribution in [3.63, 3.8) is 0 Å². The van der Waals surface area contributed by atoms with E-state index in [1.807, 2.05) is 0 Å². The van der Waals surface area contributed by atoms with Crippen molar-refractivity contribution in [1.29, 1.82) is 0 Å². The van der Waals surface area contributed by atoms with Gasteiger partial charge >= 0.3 is 24.8 Å². The summed E-state index contributed by atoms with van der Waals surface area (Å²) in [5, 5.41) is 19.3. The third-order valence-corrected chi connectivity index (χ3v) is 1.28. The zero-order chi connectivity index (χ0) is 9.78. The Bertz CT molecular complexity index is 189. The molecule has 13 heavy (non-hydrogen) atoms. The number of hydrogen-bond donors (Lipinski definition) is 1. The van der Waals surface area contributed by atoms with Gasteiger partial charge in [0, 0.05) is 12.4 Å². The van der Waals surface area contributed by atoms with E-state index in [9.17, 15) is 19.8 Å². The number of carboxylic acids is 1. The van der Waals surface area contributed by atoms with Crippen LogP contribution in [0.2, 0.25) is 0 Å². The van der Waals surface area contributed by atoms with Gasteiger partial charge in [-0.05, 0) is 6.92 Å². The molecule has 0 saturated heterocycles. The largest absolute Gasteiger partial charge is 1.00 e. The zero-order valence-corrected chi connectivity index (χ0v) is 7.99. The monoisotopic (exact) mass is 182 g/mol. The van der Waals surface area contributed by atoms with Crippen LogP contribution in [0.5, 0.6) is 0 Å². The molecule has 1 atom stereocenters. The van der Waals surface area contributed by atoms with Crippen LogP contribution in [0.15, 0.2) is 0 Å². The summed E-state index contributed by atoms with van der Waals surface area (Å²) < 4.78 is 4.26. The van der Waals surface area contributed by atoms with E-state index in [4.69, 9.17) is 0 Å². The van der Waals surface area contributed by atoms with Crippen LogP contribution in [0.25, 0.3) is 0 Å². The van der Waals surface area contributed by atoms with Gasteiger partial charge in [-0.15, -0.1) is 0 Å². The van der Waals surface area contributed by atoms with E-state index in [0.717, 1.165) is 7.11 Å². The van der Waals surface area contributed by atoms with Crippen LogP contribution in [0.3, 0.4) is 0 Å². The minimum Gasteiger partial charge on any atom is -0.550 e. The van der Waals surface area contributed by atoms with Crippen molar-refractivity contribution in [3.05, 3.63) is 0 Å². The van der Waals surface area contributed by atoms with Crippen LogP contribution < -0.4 is 24.0 Å². The van der Waals surface area contributed by atoms with Crippen molar-refractivity contribution in [3.8, 4) is 0 Å². The maximum atomic E-state index is 10.6. The molecule has 0 aromatic carbocycles. The summed E-state index contributed by atoms with van der Waals surface area (Å²) in [6, 6.07) is 0. The molecular weight excluding hydrogens is 171 g/mol. The first-order valence-electron chi connectivity index (χ1n) is 3.36. The van der Waals surface area contributed by atoms with Gasteiger partial charge in [-0.25, -0.2) is 0 Å². The maximum Gasteiger partial charge on any atom is 1.00 e. The molecule has 1 N–H and O–H groups in total. The van der Waals surface area contributed by atoms with Crippen molar-refractivity contribution >= 4 is 11.9 Å². The van der Waals surface area contributed by atoms with Crippen molar-refractivity contribution in [1.82, 2.24) is 0 Å². The average molecular weight is 182 g/mol. The van der Waals surface area contributed by atoms with Crippen LogP contribution in [0.1, 0.15) is 19.8 Å². The molecule has 6 heteroatoms. The van der Waals surface area contributed by atoms with Gasteiger partial charge in [-0.3, -0.25) is 4.79 Å². The summed E-state index contributed by atoms with van der Waals surface area (Å²) in [6.45, 7) is 1.24. The van der Waals surface area contributed by atoms with E-state index < -0.39 is 24.0 Å². The Morgan fingerprint density at radius 3 is 2.23 bits per heavy atom. The smallest absolute Gasteiger partial charge is 0.550 e. The Labute approximate surface area is 88.3 Å². The molecule has 70 valence electrons. The van der Waals surface area contributed by atoms with E-state index in [2.05, 4.69) is 4.74 Å². The Morgan fingerprint density at radius 2 is 1.92 bits per heavy atom. The predicted molar refractivity (Wildman–Crippen MR) is 36.9 cm³/mol. The molecule has 0 heterocycles. The molecule has 0 amide bonds. The van der Waals surface area contributed by atoms with E-state index in [1.165, 1.54) is 6.92 Å². The van der Waals surface area contributed by atoms with Crippen LogP contribution in [-0.4, -0.2) is 29.8 Å². The third-order valence-electron chi connectivity index (χ3n) is 1.28. The number of esters is 1. The molecular formula is C7H11LiO5. The molecule has 0 spiro atoms. The molecule has 0 unspecified atom stereocenters. The van der Waals surface area contributed by atoms with E-state index >= 15 is 0 Å². The fourth-order valence-corrected chi connectivity index (χ4v) is 0.757. The van der Waals surface area contributed by atoms with Crippen LogP contribution >= 0.6 is 0 Å². The fourth-order valence-electron chi connectivity index (χ4n) is 0.757. The van der Waals surface area contributed by atoms with E-state index in [1.54, 1.807) is 0 Å². The summed E-state index contributed by atoms with van der Waals surface area (Å²) in [5.74, 6) is -2.05. The van der Waals surface area contributed by atoms with Crippen molar-refractivity contribution in [2.45, 2.75) is 25.4 Å². The summed E-state index contributed by atoms with van der Waals surface area (Å²) in [5.41, 5.74) is -1.59. The number of carboxylic acid groups (broad SMARTS) is 1. The first-order valence-corrected chi connectivity index (χ1v) is 3.36. The minimum absolute atomic E-state index is 0. The van der Waals surface area contributed by atoms with Crippen LogP contribution in [-0.2, 0) is 14.3 Å². The van der Waals surface area contributed by atoms with Crippen molar-refractivity contribution < 1.29 is 43.4 Å². The molecule has 0 bridgehead atoms. The normalized spacial score (nSPS) is 13.8. The van der Waals surface area contributed by atoms with Gasteiger partial charge in [0.25, 0.3) is 0 Å². The van der Waals surface area contributed by atoms with Gasteiger partial charge in [-0.2, -0.15) is 0 Å². The standard InChI is InChI=1S/C7H12O5.Li/c1-7(11,3-5(8)9)4-6(10)12-2;/h11H,3-4H2,1-2H3,(H,8,9);/q;+1/p-1/t7-;/m0./s1. The second-order valence-corrected chi connectivity index (χ2v) is 2.80. The van der Waals surface area contributed by atoms with Gasteiger partial charge in [0.1, 0.15) is 0 Å². The first kappa shape index (κ1) is 15.0.